The number of ether oxygens (including phenoxy) is 2. The van der Waals surface area contributed by atoms with E-state index in [1.807, 2.05) is 69.3 Å². The quantitative estimate of drug-likeness (QED) is 0.364. The first kappa shape index (κ1) is 22.9. The third-order valence-electron chi connectivity index (χ3n) is 4.85. The molecule has 0 bridgehead atoms. The van der Waals surface area contributed by atoms with Crippen LogP contribution in [-0.2, 0) is 4.79 Å². The molecule has 1 aliphatic rings. The number of carbonyl (C=O) groups excluding carboxylic acids is 1. The number of aryl methyl sites for hydroxylation is 1. The van der Waals surface area contributed by atoms with Gasteiger partial charge in [-0.2, -0.15) is 0 Å². The van der Waals surface area contributed by atoms with E-state index in [9.17, 15) is 4.79 Å². The molecule has 0 spiro atoms. The SMILES string of the molecule is CCCCOc1ccc(/C=C2/SC(=Nc3ccc(C)cc3)N(C(C)C)C2=O)cc1OC. The van der Waals surface area contributed by atoms with Crippen molar-refractivity contribution in [2.45, 2.75) is 46.6 Å². The Bertz CT molecular complexity index is 981. The number of amidine groups is 1. The van der Waals surface area contributed by atoms with Crippen LogP contribution in [0.4, 0.5) is 5.69 Å². The molecule has 2 aromatic carbocycles. The molecule has 1 heterocycles. The van der Waals surface area contributed by atoms with E-state index in [1.165, 1.54) is 17.3 Å². The minimum Gasteiger partial charge on any atom is -0.493 e. The first-order valence-corrected chi connectivity index (χ1v) is 11.4. The van der Waals surface area contributed by atoms with Crippen LogP contribution in [0.5, 0.6) is 11.5 Å². The van der Waals surface area contributed by atoms with Crippen LogP contribution < -0.4 is 9.47 Å². The molecule has 3 rings (SSSR count). The number of thioether (sulfide) groups is 1. The Kier molecular flexibility index (Phi) is 7.80. The van der Waals surface area contributed by atoms with Gasteiger partial charge in [0, 0.05) is 6.04 Å². The fourth-order valence-corrected chi connectivity index (χ4v) is 4.24. The summed E-state index contributed by atoms with van der Waals surface area (Å²) in [6, 6.07) is 13.7. The summed E-state index contributed by atoms with van der Waals surface area (Å²) in [6.07, 6.45) is 3.96. The number of methoxy groups -OCH3 is 1. The smallest absolute Gasteiger partial charge is 0.266 e. The van der Waals surface area contributed by atoms with Crippen molar-refractivity contribution >= 4 is 34.6 Å². The fourth-order valence-electron chi connectivity index (χ4n) is 3.12. The van der Waals surface area contributed by atoms with Crippen molar-refractivity contribution in [2.75, 3.05) is 13.7 Å². The summed E-state index contributed by atoms with van der Waals surface area (Å²) in [5.41, 5.74) is 2.90. The highest BCUT2D eigenvalue weighted by Gasteiger charge is 2.35. The Morgan fingerprint density at radius 1 is 1.13 bits per heavy atom. The number of rotatable bonds is 8. The van der Waals surface area contributed by atoms with E-state index in [1.54, 1.807) is 12.0 Å². The molecule has 1 aliphatic heterocycles. The normalized spacial score (nSPS) is 16.6. The molecular weight excluding hydrogens is 408 g/mol. The Hall–Kier alpha value is -2.73. The summed E-state index contributed by atoms with van der Waals surface area (Å²) in [6.45, 7) is 8.82. The van der Waals surface area contributed by atoms with Crippen molar-refractivity contribution in [1.82, 2.24) is 4.90 Å². The van der Waals surface area contributed by atoms with Gasteiger partial charge in [-0.3, -0.25) is 9.69 Å². The van der Waals surface area contributed by atoms with E-state index < -0.39 is 0 Å². The Morgan fingerprint density at radius 3 is 2.52 bits per heavy atom. The first-order valence-electron chi connectivity index (χ1n) is 10.6. The minimum absolute atomic E-state index is 0.0129. The molecule has 0 aliphatic carbocycles. The molecule has 1 amide bonds. The van der Waals surface area contributed by atoms with E-state index in [-0.39, 0.29) is 11.9 Å². The second-order valence-corrected chi connectivity index (χ2v) is 8.73. The maximum absolute atomic E-state index is 13.1. The average molecular weight is 439 g/mol. The molecule has 0 radical (unpaired) electrons. The summed E-state index contributed by atoms with van der Waals surface area (Å²) in [5.74, 6) is 1.34. The molecule has 5 nitrogen and oxygen atoms in total. The summed E-state index contributed by atoms with van der Waals surface area (Å²) < 4.78 is 11.3. The molecule has 1 fully saturated rings. The molecule has 0 aromatic heterocycles. The maximum atomic E-state index is 13.1. The van der Waals surface area contributed by atoms with Gasteiger partial charge in [0.25, 0.3) is 5.91 Å². The Labute approximate surface area is 189 Å². The molecule has 2 aromatic rings. The third-order valence-corrected chi connectivity index (χ3v) is 5.84. The van der Waals surface area contributed by atoms with Gasteiger partial charge in [0.2, 0.25) is 0 Å². The molecule has 0 saturated carbocycles. The molecule has 1 saturated heterocycles. The lowest BCUT2D eigenvalue weighted by Crippen LogP contribution is -2.35. The van der Waals surface area contributed by atoms with Crippen LogP contribution in [0, 0.1) is 6.92 Å². The van der Waals surface area contributed by atoms with Gasteiger partial charge in [-0.1, -0.05) is 37.1 Å². The summed E-state index contributed by atoms with van der Waals surface area (Å²) >= 11 is 1.40. The fraction of sp³-hybridized carbons (Fsp3) is 0.360. The number of carbonyl (C=O) groups is 1. The number of benzene rings is 2. The van der Waals surface area contributed by atoms with Crippen molar-refractivity contribution in [3.05, 3.63) is 58.5 Å². The second kappa shape index (κ2) is 10.5. The number of aliphatic imine (C=N–C) groups is 1. The van der Waals surface area contributed by atoms with Gasteiger partial charge in [-0.25, -0.2) is 4.99 Å². The number of hydrogen-bond donors (Lipinski definition) is 0. The Balaban J connectivity index is 1.88. The van der Waals surface area contributed by atoms with Crippen LogP contribution in [0.25, 0.3) is 6.08 Å². The predicted molar refractivity (Wildman–Crippen MR) is 129 cm³/mol. The lowest BCUT2D eigenvalue weighted by molar-refractivity contribution is -0.123. The number of nitrogens with zero attached hydrogens (tertiary/aromatic N) is 2. The van der Waals surface area contributed by atoms with Crippen LogP contribution in [0.3, 0.4) is 0 Å². The van der Waals surface area contributed by atoms with E-state index in [2.05, 4.69) is 6.92 Å². The highest BCUT2D eigenvalue weighted by atomic mass is 32.2. The maximum Gasteiger partial charge on any atom is 0.266 e. The molecule has 0 unspecified atom stereocenters. The highest BCUT2D eigenvalue weighted by Crippen LogP contribution is 2.37. The predicted octanol–water partition coefficient (Wildman–Crippen LogP) is 6.19. The zero-order valence-electron chi connectivity index (χ0n) is 18.8. The van der Waals surface area contributed by atoms with Gasteiger partial charge in [0.05, 0.1) is 24.3 Å². The van der Waals surface area contributed by atoms with Crippen LogP contribution in [0.2, 0.25) is 0 Å². The number of hydrogen-bond acceptors (Lipinski definition) is 5. The summed E-state index contributed by atoms with van der Waals surface area (Å²) in [5, 5.41) is 0.696. The molecule has 31 heavy (non-hydrogen) atoms. The zero-order chi connectivity index (χ0) is 22.4. The number of amides is 1. The second-order valence-electron chi connectivity index (χ2n) is 7.72. The van der Waals surface area contributed by atoms with Gasteiger partial charge in [-0.15, -0.1) is 0 Å². The largest absolute Gasteiger partial charge is 0.493 e. The summed E-state index contributed by atoms with van der Waals surface area (Å²) in [7, 11) is 1.63. The monoisotopic (exact) mass is 438 g/mol. The van der Waals surface area contributed by atoms with Crippen LogP contribution in [-0.4, -0.2) is 35.7 Å². The average Bonchev–Trinajstić information content (AvgIpc) is 3.05. The van der Waals surface area contributed by atoms with Gasteiger partial charge in [-0.05, 0) is 74.9 Å². The van der Waals surface area contributed by atoms with Gasteiger partial charge in [0.1, 0.15) is 0 Å². The van der Waals surface area contributed by atoms with Crippen molar-refractivity contribution in [3.63, 3.8) is 0 Å². The highest BCUT2D eigenvalue weighted by molar-refractivity contribution is 8.18. The topological polar surface area (TPSA) is 51.1 Å². The third kappa shape index (κ3) is 5.70. The molecule has 6 heteroatoms. The van der Waals surface area contributed by atoms with Gasteiger partial charge >= 0.3 is 0 Å². The van der Waals surface area contributed by atoms with E-state index in [0.29, 0.717) is 28.2 Å². The molecule has 164 valence electrons. The minimum atomic E-state index is -0.0342. The van der Waals surface area contributed by atoms with Crippen LogP contribution in [0.1, 0.15) is 44.7 Å². The lowest BCUT2D eigenvalue weighted by Gasteiger charge is -2.19. The van der Waals surface area contributed by atoms with Crippen molar-refractivity contribution in [1.29, 1.82) is 0 Å². The standard InChI is InChI=1S/C25H30N2O3S/c1-6-7-14-30-21-13-10-19(15-22(21)29-5)16-23-24(28)27(17(2)3)25(31-23)26-20-11-8-18(4)9-12-20/h8-13,15-17H,6-7,14H2,1-5H3/b23-16+,26-25?. The number of unbranched alkanes of at least 4 members (excludes halogenated alkanes) is 1. The van der Waals surface area contributed by atoms with Crippen molar-refractivity contribution < 1.29 is 14.3 Å². The van der Waals surface area contributed by atoms with E-state index in [0.717, 1.165) is 24.1 Å². The van der Waals surface area contributed by atoms with Crippen molar-refractivity contribution in [2.24, 2.45) is 4.99 Å². The van der Waals surface area contributed by atoms with Crippen LogP contribution in [0.15, 0.2) is 52.4 Å². The van der Waals surface area contributed by atoms with E-state index >= 15 is 0 Å². The lowest BCUT2D eigenvalue weighted by atomic mass is 10.1. The van der Waals surface area contributed by atoms with E-state index in [4.69, 9.17) is 14.5 Å². The Morgan fingerprint density at radius 2 is 1.87 bits per heavy atom. The van der Waals surface area contributed by atoms with Crippen LogP contribution >= 0.6 is 11.8 Å². The zero-order valence-corrected chi connectivity index (χ0v) is 19.7. The molecule has 0 atom stereocenters. The van der Waals surface area contributed by atoms with Gasteiger partial charge in [0.15, 0.2) is 16.7 Å². The first-order chi connectivity index (χ1) is 14.9. The van der Waals surface area contributed by atoms with Crippen molar-refractivity contribution in [3.8, 4) is 11.5 Å². The summed E-state index contributed by atoms with van der Waals surface area (Å²) in [4.78, 5) is 20.2. The molecule has 0 N–H and O–H groups in total. The van der Waals surface area contributed by atoms with Gasteiger partial charge < -0.3 is 9.47 Å². The molecular formula is C25H30N2O3S.